The van der Waals surface area contributed by atoms with E-state index in [0.717, 1.165) is 61.2 Å². The molecule has 0 amide bonds. The summed E-state index contributed by atoms with van der Waals surface area (Å²) in [7, 11) is 0. The van der Waals surface area contributed by atoms with Crippen molar-refractivity contribution >= 4 is 56.5 Å². The van der Waals surface area contributed by atoms with Gasteiger partial charge >= 0.3 is 0 Å². The van der Waals surface area contributed by atoms with E-state index in [1.54, 1.807) is 0 Å². The Balaban J connectivity index is 1.05. The number of allylic oxidation sites excluding steroid dienone is 4. The van der Waals surface area contributed by atoms with Crippen molar-refractivity contribution in [3.05, 3.63) is 221 Å². The van der Waals surface area contributed by atoms with Crippen LogP contribution in [0.25, 0.3) is 55.5 Å². The molecular formula is C55H40N2OS. The summed E-state index contributed by atoms with van der Waals surface area (Å²) >= 11 is 1.99. The largest absolute Gasteiger partial charge is 0.456 e. The summed E-state index contributed by atoms with van der Waals surface area (Å²) in [5.41, 5.74) is 16.8. The summed E-state index contributed by atoms with van der Waals surface area (Å²) in [5.74, 6) is 1.02. The maximum absolute atomic E-state index is 6.64. The van der Waals surface area contributed by atoms with Crippen LogP contribution in [-0.2, 0) is 0 Å². The lowest BCUT2D eigenvalue weighted by atomic mass is 9.81. The Morgan fingerprint density at radius 3 is 1.97 bits per heavy atom. The first-order valence-electron chi connectivity index (χ1n) is 20.4. The minimum atomic E-state index is 0.0116. The molecule has 11 rings (SSSR count). The normalized spacial score (nSPS) is 18.6. The summed E-state index contributed by atoms with van der Waals surface area (Å²) < 4.78 is 6.64. The van der Waals surface area contributed by atoms with Crippen molar-refractivity contribution in [3.8, 4) is 22.3 Å². The second-order valence-corrected chi connectivity index (χ2v) is 16.8. The number of aliphatic imine (C=N–C) groups is 2. The van der Waals surface area contributed by atoms with Gasteiger partial charge in [-0.2, -0.15) is 0 Å². The molecule has 0 radical (unpaired) electrons. The third kappa shape index (κ3) is 6.14. The number of fused-ring (bicyclic) bond motifs is 6. The fourth-order valence-electron chi connectivity index (χ4n) is 9.11. The average Bonchev–Trinajstić information content (AvgIpc) is 3.85. The van der Waals surface area contributed by atoms with E-state index < -0.39 is 0 Å². The average molecular weight is 777 g/mol. The van der Waals surface area contributed by atoms with Gasteiger partial charge in [0, 0.05) is 43.9 Å². The third-order valence-corrected chi connectivity index (χ3v) is 13.6. The molecule has 2 aliphatic heterocycles. The molecule has 0 fully saturated rings. The van der Waals surface area contributed by atoms with Gasteiger partial charge < -0.3 is 4.42 Å². The molecule has 0 spiro atoms. The highest BCUT2D eigenvalue weighted by Crippen LogP contribution is 2.56. The number of amidine groups is 1. The number of furan rings is 1. The van der Waals surface area contributed by atoms with E-state index in [4.69, 9.17) is 14.4 Å². The molecule has 4 heteroatoms. The lowest BCUT2D eigenvalue weighted by Gasteiger charge is -2.23. The SMILES string of the molecule is CC1=C(c2cccc3oc4ccc(-c5cccc6c5SC5C=CC=C(c7ccccc7)C65)cc4c23)N=C(c2ccc(-c3ccccc3)cc2)N=C(c2ccccc2)C1C. The molecule has 0 saturated heterocycles. The molecule has 1 aliphatic carbocycles. The number of nitrogens with zero attached hydrogens (tertiary/aromatic N) is 2. The fraction of sp³-hybridized carbons (Fsp3) is 0.0909. The van der Waals surface area contributed by atoms with Crippen LogP contribution in [0.15, 0.2) is 213 Å². The summed E-state index contributed by atoms with van der Waals surface area (Å²) in [6, 6.07) is 60.4. The van der Waals surface area contributed by atoms with Crippen LogP contribution in [0.3, 0.4) is 0 Å². The first-order valence-corrected chi connectivity index (χ1v) is 21.3. The molecule has 3 aliphatic rings. The molecule has 3 atom stereocenters. The van der Waals surface area contributed by atoms with Gasteiger partial charge in [0.25, 0.3) is 0 Å². The Labute approximate surface area is 348 Å². The van der Waals surface area contributed by atoms with Gasteiger partial charge in [-0.05, 0) is 75.2 Å². The quantitative estimate of drug-likeness (QED) is 0.169. The highest BCUT2D eigenvalue weighted by molar-refractivity contribution is 8.00. The van der Waals surface area contributed by atoms with Crippen LogP contribution < -0.4 is 0 Å². The van der Waals surface area contributed by atoms with E-state index in [1.165, 1.54) is 38.3 Å². The van der Waals surface area contributed by atoms with E-state index in [2.05, 4.69) is 202 Å². The molecule has 282 valence electrons. The van der Waals surface area contributed by atoms with Gasteiger partial charge in [-0.25, -0.2) is 9.98 Å². The first-order chi connectivity index (χ1) is 29.1. The van der Waals surface area contributed by atoms with Crippen LogP contribution in [0.5, 0.6) is 0 Å². The van der Waals surface area contributed by atoms with Gasteiger partial charge in [-0.1, -0.05) is 177 Å². The maximum atomic E-state index is 6.64. The van der Waals surface area contributed by atoms with Crippen molar-refractivity contribution < 1.29 is 4.42 Å². The molecule has 8 aromatic rings. The van der Waals surface area contributed by atoms with Crippen molar-refractivity contribution in [1.82, 2.24) is 0 Å². The van der Waals surface area contributed by atoms with Gasteiger partial charge in [0.2, 0.25) is 0 Å². The van der Waals surface area contributed by atoms with Crippen LogP contribution >= 0.6 is 11.8 Å². The highest BCUT2D eigenvalue weighted by atomic mass is 32.2. The second-order valence-electron chi connectivity index (χ2n) is 15.6. The number of hydrogen-bond acceptors (Lipinski definition) is 4. The monoisotopic (exact) mass is 776 g/mol. The van der Waals surface area contributed by atoms with Crippen molar-refractivity contribution in [2.24, 2.45) is 15.9 Å². The molecule has 1 aromatic heterocycles. The van der Waals surface area contributed by atoms with Crippen molar-refractivity contribution in [2.75, 3.05) is 0 Å². The maximum Gasteiger partial charge on any atom is 0.160 e. The molecular weight excluding hydrogens is 737 g/mol. The van der Waals surface area contributed by atoms with E-state index in [1.807, 2.05) is 11.8 Å². The number of rotatable bonds is 6. The lowest BCUT2D eigenvalue weighted by Crippen LogP contribution is -2.15. The van der Waals surface area contributed by atoms with E-state index >= 15 is 0 Å². The standard InChI is InChI=1S/C55H40N2OS/c1-34-35(2)53(57-55(56-52(34)39-19-10-5-11-20-39)40-29-27-37(28-30-40)36-15-6-3-7-16-36)44-23-13-25-48-50(44)46-33-41(31-32-47(46)58-48)43-22-12-24-45-51-42(38-17-8-4-9-18-38)21-14-26-49(51)59-54(43)45/h3-34,49,51H,1-2H3. The van der Waals surface area contributed by atoms with Crippen LogP contribution in [-0.4, -0.2) is 16.8 Å². The summed E-state index contributed by atoms with van der Waals surface area (Å²) in [4.78, 5) is 12.3. The zero-order valence-corrected chi connectivity index (χ0v) is 33.7. The topological polar surface area (TPSA) is 37.9 Å². The van der Waals surface area contributed by atoms with Crippen LogP contribution in [0.2, 0.25) is 0 Å². The van der Waals surface area contributed by atoms with E-state index in [9.17, 15) is 0 Å². The summed E-state index contributed by atoms with van der Waals surface area (Å²) in [6.07, 6.45) is 6.91. The van der Waals surface area contributed by atoms with Gasteiger partial charge in [-0.3, -0.25) is 0 Å². The minimum Gasteiger partial charge on any atom is -0.456 e. The summed E-state index contributed by atoms with van der Waals surface area (Å²) in [5, 5.41) is 2.51. The van der Waals surface area contributed by atoms with E-state index in [-0.39, 0.29) is 5.92 Å². The van der Waals surface area contributed by atoms with Gasteiger partial charge in [-0.15, -0.1) is 11.8 Å². The Hall–Kier alpha value is -6.75. The predicted molar refractivity (Wildman–Crippen MR) is 248 cm³/mol. The van der Waals surface area contributed by atoms with E-state index in [0.29, 0.717) is 17.0 Å². The molecule has 3 heterocycles. The molecule has 0 saturated carbocycles. The van der Waals surface area contributed by atoms with Gasteiger partial charge in [0.15, 0.2) is 5.84 Å². The van der Waals surface area contributed by atoms with Gasteiger partial charge in [0.1, 0.15) is 11.2 Å². The Morgan fingerprint density at radius 2 is 1.20 bits per heavy atom. The van der Waals surface area contributed by atoms with Crippen LogP contribution in [0.4, 0.5) is 0 Å². The third-order valence-electron chi connectivity index (χ3n) is 12.2. The first kappa shape index (κ1) is 35.4. The van der Waals surface area contributed by atoms with Crippen molar-refractivity contribution in [1.29, 1.82) is 0 Å². The van der Waals surface area contributed by atoms with Crippen LogP contribution in [0.1, 0.15) is 47.6 Å². The summed E-state index contributed by atoms with van der Waals surface area (Å²) in [6.45, 7) is 4.47. The predicted octanol–water partition coefficient (Wildman–Crippen LogP) is 14.4. The Morgan fingerprint density at radius 1 is 0.559 bits per heavy atom. The Bertz CT molecular complexity index is 3080. The van der Waals surface area contributed by atoms with Crippen LogP contribution in [0, 0.1) is 5.92 Å². The minimum absolute atomic E-state index is 0.0116. The number of benzene rings is 7. The Kier molecular flexibility index (Phi) is 8.74. The molecule has 0 N–H and O–H groups in total. The number of thioether (sulfide) groups is 1. The fourth-order valence-corrected chi connectivity index (χ4v) is 10.6. The van der Waals surface area contributed by atoms with Gasteiger partial charge in [0.05, 0.1) is 11.4 Å². The van der Waals surface area contributed by atoms with Crippen molar-refractivity contribution in [3.63, 3.8) is 0 Å². The molecule has 0 bridgehead atoms. The molecule has 3 nitrogen and oxygen atoms in total. The zero-order valence-electron chi connectivity index (χ0n) is 32.8. The molecule has 59 heavy (non-hydrogen) atoms. The van der Waals surface area contributed by atoms with Crippen molar-refractivity contribution in [2.45, 2.75) is 29.9 Å². The number of hydrogen-bond donors (Lipinski definition) is 0. The second kappa shape index (κ2) is 14.6. The molecule has 3 unspecified atom stereocenters. The lowest BCUT2D eigenvalue weighted by molar-refractivity contribution is 0.669. The highest BCUT2D eigenvalue weighted by Gasteiger charge is 2.37. The molecule has 7 aromatic carbocycles. The smallest absolute Gasteiger partial charge is 0.160 e. The zero-order chi connectivity index (χ0) is 39.5.